The average molecular weight is 301 g/mol. The largest absolute Gasteiger partial charge is 0.461 e. The van der Waals surface area contributed by atoms with Crippen LogP contribution in [0.15, 0.2) is 18.2 Å². The third kappa shape index (κ3) is 3.12. The number of hydrogen-bond acceptors (Lipinski definition) is 5. The summed E-state index contributed by atoms with van der Waals surface area (Å²) in [5, 5.41) is 9.39. The van der Waals surface area contributed by atoms with Crippen molar-refractivity contribution in [3.05, 3.63) is 29.7 Å². The Hall–Kier alpha value is -2.58. The summed E-state index contributed by atoms with van der Waals surface area (Å²) in [5.74, 6) is -2.53. The lowest BCUT2D eigenvalue weighted by Crippen LogP contribution is -2.08. The van der Waals surface area contributed by atoms with Crippen LogP contribution in [0.4, 0.5) is 13.2 Å². The Balaban J connectivity index is 2.44. The molecule has 0 fully saturated rings. The van der Waals surface area contributed by atoms with Crippen molar-refractivity contribution in [2.24, 2.45) is 0 Å². The van der Waals surface area contributed by atoms with Gasteiger partial charge in [0.15, 0.2) is 17.3 Å². The predicted molar refractivity (Wildman–Crippen MR) is 64.4 cm³/mol. The lowest BCUT2D eigenvalue weighted by atomic mass is 10.1. The summed E-state index contributed by atoms with van der Waals surface area (Å²) in [5.41, 5.74) is -0.597. The molecule has 0 aliphatic rings. The van der Waals surface area contributed by atoms with E-state index in [-0.39, 0.29) is 23.6 Å². The van der Waals surface area contributed by atoms with Gasteiger partial charge < -0.3 is 9.47 Å². The van der Waals surface area contributed by atoms with Gasteiger partial charge in [0.2, 0.25) is 0 Å². The third-order valence-electron chi connectivity index (χ3n) is 2.45. The Bertz CT molecular complexity index is 646. The van der Waals surface area contributed by atoms with E-state index in [0.717, 1.165) is 6.07 Å². The van der Waals surface area contributed by atoms with E-state index in [1.807, 2.05) is 0 Å². The van der Waals surface area contributed by atoms with Crippen LogP contribution in [0.5, 0.6) is 5.75 Å². The molecule has 0 amide bonds. The zero-order chi connectivity index (χ0) is 15.4. The zero-order valence-electron chi connectivity index (χ0n) is 10.8. The number of aromatic amines is 1. The highest BCUT2D eigenvalue weighted by atomic mass is 19.3. The second-order valence-corrected chi connectivity index (χ2v) is 3.74. The van der Waals surface area contributed by atoms with Gasteiger partial charge in [0, 0.05) is 5.56 Å². The van der Waals surface area contributed by atoms with Gasteiger partial charge in [-0.2, -0.15) is 19.1 Å². The molecular weight excluding hydrogens is 291 g/mol. The topological polar surface area (TPSA) is 77.1 Å². The molecule has 0 aliphatic carbocycles. The van der Waals surface area contributed by atoms with Crippen molar-refractivity contribution in [1.82, 2.24) is 15.4 Å². The minimum Gasteiger partial charge on any atom is -0.461 e. The van der Waals surface area contributed by atoms with Gasteiger partial charge in [-0.1, -0.05) is 6.07 Å². The van der Waals surface area contributed by atoms with Crippen molar-refractivity contribution in [2.75, 3.05) is 6.61 Å². The summed E-state index contributed by atoms with van der Waals surface area (Å²) in [4.78, 5) is 11.7. The quantitative estimate of drug-likeness (QED) is 0.858. The number of ether oxygens (including phenoxy) is 2. The highest BCUT2D eigenvalue weighted by molar-refractivity contribution is 5.94. The van der Waals surface area contributed by atoms with Crippen molar-refractivity contribution in [3.63, 3.8) is 0 Å². The van der Waals surface area contributed by atoms with Gasteiger partial charge in [-0.15, -0.1) is 5.10 Å². The van der Waals surface area contributed by atoms with Crippen LogP contribution in [0.1, 0.15) is 17.4 Å². The summed E-state index contributed by atoms with van der Waals surface area (Å²) in [6.45, 7) is -1.48. The van der Waals surface area contributed by atoms with E-state index in [1.165, 1.54) is 12.1 Å². The number of aromatic nitrogens is 3. The number of nitrogens with zero attached hydrogens (tertiary/aromatic N) is 2. The number of rotatable bonds is 5. The van der Waals surface area contributed by atoms with Crippen molar-refractivity contribution in [1.29, 1.82) is 0 Å². The van der Waals surface area contributed by atoms with Gasteiger partial charge >= 0.3 is 12.6 Å². The van der Waals surface area contributed by atoms with E-state index in [2.05, 4.69) is 20.1 Å². The number of carbonyl (C=O) groups is 1. The van der Waals surface area contributed by atoms with Crippen molar-refractivity contribution in [3.8, 4) is 17.0 Å². The summed E-state index contributed by atoms with van der Waals surface area (Å²) in [7, 11) is 0. The van der Waals surface area contributed by atoms with Gasteiger partial charge in [0.05, 0.1) is 6.61 Å². The molecule has 0 radical (unpaired) electrons. The molecule has 0 atom stereocenters. The summed E-state index contributed by atoms with van der Waals surface area (Å²) in [6.07, 6.45) is 0. The molecule has 0 aliphatic heterocycles. The minimum atomic E-state index is -3.17. The first kappa shape index (κ1) is 14.8. The van der Waals surface area contributed by atoms with Crippen molar-refractivity contribution in [2.45, 2.75) is 13.5 Å². The number of halogens is 3. The fourth-order valence-electron chi connectivity index (χ4n) is 1.64. The second kappa shape index (κ2) is 6.25. The molecule has 1 aromatic heterocycles. The molecule has 0 bridgehead atoms. The smallest absolute Gasteiger partial charge is 0.387 e. The Morgan fingerprint density at radius 1 is 1.38 bits per heavy atom. The predicted octanol–water partition coefficient (Wildman–Crippen LogP) is 2.39. The molecule has 2 rings (SSSR count). The molecule has 1 N–H and O–H groups in total. The van der Waals surface area contributed by atoms with Gasteiger partial charge in [0.25, 0.3) is 0 Å². The van der Waals surface area contributed by atoms with Gasteiger partial charge in [-0.05, 0) is 19.1 Å². The number of nitrogens with one attached hydrogen (secondary N) is 1. The lowest BCUT2D eigenvalue weighted by Gasteiger charge is -2.08. The van der Waals surface area contributed by atoms with Crippen LogP contribution in [-0.4, -0.2) is 34.6 Å². The average Bonchev–Trinajstić information content (AvgIpc) is 2.90. The van der Waals surface area contributed by atoms with Gasteiger partial charge in [-0.3, -0.25) is 0 Å². The number of alkyl halides is 2. The normalized spacial score (nSPS) is 10.7. The molecular formula is C12H10F3N3O3. The number of H-pyrrole nitrogens is 1. The zero-order valence-corrected chi connectivity index (χ0v) is 10.8. The first-order valence-corrected chi connectivity index (χ1v) is 5.86. The van der Waals surface area contributed by atoms with Crippen molar-refractivity contribution >= 4 is 5.97 Å². The Kier molecular flexibility index (Phi) is 4.41. The molecule has 21 heavy (non-hydrogen) atoms. The summed E-state index contributed by atoms with van der Waals surface area (Å²) < 4.78 is 47.3. The highest BCUT2D eigenvalue weighted by Gasteiger charge is 2.23. The number of esters is 1. The van der Waals surface area contributed by atoms with E-state index in [9.17, 15) is 18.0 Å². The third-order valence-corrected chi connectivity index (χ3v) is 2.45. The van der Waals surface area contributed by atoms with Crippen LogP contribution >= 0.6 is 0 Å². The van der Waals surface area contributed by atoms with Crippen LogP contribution in [0, 0.1) is 5.82 Å². The van der Waals surface area contributed by atoms with E-state index >= 15 is 0 Å². The van der Waals surface area contributed by atoms with Gasteiger partial charge in [-0.25, -0.2) is 9.18 Å². The van der Waals surface area contributed by atoms with Crippen LogP contribution in [0.25, 0.3) is 11.3 Å². The van der Waals surface area contributed by atoms with E-state index in [4.69, 9.17) is 4.74 Å². The Labute approximate surface area is 116 Å². The summed E-state index contributed by atoms with van der Waals surface area (Å²) >= 11 is 0. The molecule has 9 heteroatoms. The molecule has 0 unspecified atom stereocenters. The van der Waals surface area contributed by atoms with Crippen LogP contribution in [-0.2, 0) is 4.74 Å². The number of carbonyl (C=O) groups excluding carboxylic acids is 1. The Morgan fingerprint density at radius 2 is 2.14 bits per heavy atom. The number of hydrogen-bond donors (Lipinski definition) is 1. The van der Waals surface area contributed by atoms with E-state index in [0.29, 0.717) is 0 Å². The summed E-state index contributed by atoms with van der Waals surface area (Å²) in [6, 6.07) is 3.59. The monoisotopic (exact) mass is 301 g/mol. The van der Waals surface area contributed by atoms with Crippen LogP contribution < -0.4 is 4.74 Å². The first-order chi connectivity index (χ1) is 10.0. The maximum absolute atomic E-state index is 14.1. The molecule has 6 nitrogen and oxygen atoms in total. The van der Waals surface area contributed by atoms with Crippen molar-refractivity contribution < 1.29 is 27.4 Å². The number of benzene rings is 1. The molecule has 0 spiro atoms. The first-order valence-electron chi connectivity index (χ1n) is 5.86. The fourth-order valence-corrected chi connectivity index (χ4v) is 1.64. The molecule has 2 aromatic rings. The van der Waals surface area contributed by atoms with Gasteiger partial charge in [0.1, 0.15) is 5.69 Å². The van der Waals surface area contributed by atoms with Crippen LogP contribution in [0.3, 0.4) is 0 Å². The molecule has 112 valence electrons. The van der Waals surface area contributed by atoms with Crippen LogP contribution in [0.2, 0.25) is 0 Å². The maximum atomic E-state index is 14.1. The lowest BCUT2D eigenvalue weighted by molar-refractivity contribution is -0.0521. The maximum Gasteiger partial charge on any atom is 0.387 e. The molecule has 0 saturated heterocycles. The minimum absolute atomic E-state index is 0.0994. The Morgan fingerprint density at radius 3 is 2.81 bits per heavy atom. The molecule has 0 saturated carbocycles. The van der Waals surface area contributed by atoms with E-state index in [1.54, 1.807) is 6.92 Å². The van der Waals surface area contributed by atoms with E-state index < -0.39 is 24.1 Å². The fraction of sp³-hybridized carbons (Fsp3) is 0.250. The molecule has 1 aromatic carbocycles. The molecule has 1 heterocycles. The SMILES string of the molecule is CCOC(=O)c1n[nH]nc1-c1cccc(OC(F)F)c1F. The highest BCUT2D eigenvalue weighted by Crippen LogP contribution is 2.30. The second-order valence-electron chi connectivity index (χ2n) is 3.74. The standard InChI is InChI=1S/C12H10F3N3O3/c1-2-20-11(19)10-9(16-18-17-10)6-4-3-5-7(8(6)13)21-12(14)15/h3-5,12H,2H2,1H3,(H,16,17,18).